The Hall–Kier alpha value is -1.07. The van der Waals surface area contributed by atoms with Crippen LogP contribution in [0.1, 0.15) is 12.7 Å². The largest absolute Gasteiger partial charge is 0.373 e. The molecule has 0 saturated heterocycles. The van der Waals surface area contributed by atoms with Gasteiger partial charge >= 0.3 is 0 Å². The van der Waals surface area contributed by atoms with Gasteiger partial charge < -0.3 is 5.32 Å². The van der Waals surface area contributed by atoms with Crippen LogP contribution in [0.2, 0.25) is 0 Å². The lowest BCUT2D eigenvalue weighted by atomic mass is 10.4. The second-order valence-corrected chi connectivity index (χ2v) is 5.68. The van der Waals surface area contributed by atoms with Crippen molar-refractivity contribution in [2.24, 2.45) is 0 Å². The molecule has 0 aliphatic carbocycles. The van der Waals surface area contributed by atoms with E-state index in [1.807, 2.05) is 25.2 Å². The maximum absolute atomic E-state index is 4.52. The van der Waals surface area contributed by atoms with Crippen molar-refractivity contribution in [1.82, 2.24) is 9.97 Å². The number of benzene rings is 1. The van der Waals surface area contributed by atoms with Crippen LogP contribution in [0.25, 0.3) is 0 Å². The fourth-order valence-electron chi connectivity index (χ4n) is 1.46. The normalized spacial score (nSPS) is 10.4. The molecular weight excluding hydrogens is 310 g/mol. The molecule has 0 aliphatic heterocycles. The van der Waals surface area contributed by atoms with Gasteiger partial charge in [0.05, 0.1) is 0 Å². The topological polar surface area (TPSA) is 37.8 Å². The standard InChI is InChI=1S/C13H14BrN3S/c1-3-11-16-12(15-2)8-13(17-11)18-10-6-4-5-9(14)7-10/h4-8H,3H2,1-2H3,(H,15,16,17). The Morgan fingerprint density at radius 3 is 2.78 bits per heavy atom. The average Bonchev–Trinajstić information content (AvgIpc) is 2.38. The number of nitrogens with zero attached hydrogens (tertiary/aromatic N) is 2. The highest BCUT2D eigenvalue weighted by atomic mass is 79.9. The Morgan fingerprint density at radius 1 is 1.28 bits per heavy atom. The molecule has 18 heavy (non-hydrogen) atoms. The minimum Gasteiger partial charge on any atom is -0.373 e. The van der Waals surface area contributed by atoms with Crippen LogP contribution in [0.5, 0.6) is 0 Å². The molecule has 3 nitrogen and oxygen atoms in total. The van der Waals surface area contributed by atoms with E-state index in [4.69, 9.17) is 0 Å². The maximum Gasteiger partial charge on any atom is 0.131 e. The monoisotopic (exact) mass is 323 g/mol. The molecule has 0 saturated carbocycles. The number of hydrogen-bond acceptors (Lipinski definition) is 4. The van der Waals surface area contributed by atoms with Gasteiger partial charge in [0.2, 0.25) is 0 Å². The molecule has 0 bridgehead atoms. The van der Waals surface area contributed by atoms with Gasteiger partial charge in [-0.05, 0) is 18.2 Å². The Labute approximate surface area is 120 Å². The molecule has 2 aromatic rings. The molecule has 0 amide bonds. The van der Waals surface area contributed by atoms with Crippen LogP contribution in [0.15, 0.2) is 44.7 Å². The summed E-state index contributed by atoms with van der Waals surface area (Å²) in [5, 5.41) is 4.03. The van der Waals surface area contributed by atoms with Crippen LogP contribution in [-0.4, -0.2) is 17.0 Å². The lowest BCUT2D eigenvalue weighted by Crippen LogP contribution is -2.00. The van der Waals surface area contributed by atoms with Crippen LogP contribution >= 0.6 is 27.7 Å². The van der Waals surface area contributed by atoms with Gasteiger partial charge in [-0.25, -0.2) is 9.97 Å². The van der Waals surface area contributed by atoms with Gasteiger partial charge in [-0.3, -0.25) is 0 Å². The molecule has 1 heterocycles. The average molecular weight is 324 g/mol. The second kappa shape index (κ2) is 6.20. The molecule has 0 fully saturated rings. The third-order valence-corrected chi connectivity index (χ3v) is 3.74. The highest BCUT2D eigenvalue weighted by molar-refractivity contribution is 9.10. The van der Waals surface area contributed by atoms with Gasteiger partial charge in [0, 0.05) is 28.9 Å². The molecule has 1 aromatic carbocycles. The molecule has 94 valence electrons. The minimum absolute atomic E-state index is 0.835. The summed E-state index contributed by atoms with van der Waals surface area (Å²) in [5.41, 5.74) is 0. The van der Waals surface area contributed by atoms with Gasteiger partial charge in [-0.1, -0.05) is 40.7 Å². The molecule has 0 spiro atoms. The molecule has 0 unspecified atom stereocenters. The third-order valence-electron chi connectivity index (χ3n) is 2.34. The van der Waals surface area contributed by atoms with E-state index < -0.39 is 0 Å². The van der Waals surface area contributed by atoms with Gasteiger partial charge in [-0.2, -0.15) is 0 Å². The number of anilines is 1. The number of hydrogen-bond donors (Lipinski definition) is 1. The van der Waals surface area contributed by atoms with Gasteiger partial charge in [0.25, 0.3) is 0 Å². The maximum atomic E-state index is 4.52. The predicted octanol–water partition coefficient (Wildman–Crippen LogP) is 3.99. The van der Waals surface area contributed by atoms with Crippen molar-refractivity contribution in [2.75, 3.05) is 12.4 Å². The Kier molecular flexibility index (Phi) is 4.60. The first-order valence-corrected chi connectivity index (χ1v) is 7.31. The van der Waals surface area contributed by atoms with E-state index in [-0.39, 0.29) is 0 Å². The van der Waals surface area contributed by atoms with Crippen LogP contribution in [0.4, 0.5) is 5.82 Å². The number of aryl methyl sites for hydroxylation is 1. The molecular formula is C13H14BrN3S. The van der Waals surface area contributed by atoms with Crippen molar-refractivity contribution in [2.45, 2.75) is 23.3 Å². The molecule has 1 aromatic heterocycles. The van der Waals surface area contributed by atoms with Crippen molar-refractivity contribution in [3.63, 3.8) is 0 Å². The third kappa shape index (κ3) is 3.46. The van der Waals surface area contributed by atoms with Crippen LogP contribution < -0.4 is 5.32 Å². The zero-order valence-corrected chi connectivity index (χ0v) is 12.7. The number of rotatable bonds is 4. The molecule has 1 N–H and O–H groups in total. The van der Waals surface area contributed by atoms with Crippen molar-refractivity contribution in [3.8, 4) is 0 Å². The first-order valence-electron chi connectivity index (χ1n) is 5.70. The van der Waals surface area contributed by atoms with Gasteiger partial charge in [0.15, 0.2) is 0 Å². The fraction of sp³-hybridized carbons (Fsp3) is 0.231. The van der Waals surface area contributed by atoms with E-state index in [0.717, 1.165) is 32.5 Å². The molecule has 0 atom stereocenters. The lowest BCUT2D eigenvalue weighted by Gasteiger charge is -2.06. The van der Waals surface area contributed by atoms with Crippen LogP contribution in [0, 0.1) is 0 Å². The quantitative estimate of drug-likeness (QED) is 0.863. The molecule has 0 aliphatic rings. The fourth-order valence-corrected chi connectivity index (χ4v) is 2.91. The van der Waals surface area contributed by atoms with E-state index in [1.165, 1.54) is 0 Å². The minimum atomic E-state index is 0.835. The van der Waals surface area contributed by atoms with Crippen molar-refractivity contribution >= 4 is 33.5 Å². The van der Waals surface area contributed by atoms with Crippen molar-refractivity contribution in [1.29, 1.82) is 0 Å². The summed E-state index contributed by atoms with van der Waals surface area (Å²) in [6.45, 7) is 2.06. The molecule has 5 heteroatoms. The predicted molar refractivity (Wildman–Crippen MR) is 79.2 cm³/mol. The Balaban J connectivity index is 2.28. The summed E-state index contributed by atoms with van der Waals surface area (Å²) < 4.78 is 1.08. The van der Waals surface area contributed by atoms with E-state index in [1.54, 1.807) is 11.8 Å². The number of halogens is 1. The first kappa shape index (κ1) is 13.4. The summed E-state index contributed by atoms with van der Waals surface area (Å²) >= 11 is 5.11. The summed E-state index contributed by atoms with van der Waals surface area (Å²) in [6, 6.07) is 10.2. The van der Waals surface area contributed by atoms with Crippen LogP contribution in [-0.2, 0) is 6.42 Å². The number of nitrogens with one attached hydrogen (secondary N) is 1. The first-order chi connectivity index (χ1) is 8.71. The van der Waals surface area contributed by atoms with Crippen LogP contribution in [0.3, 0.4) is 0 Å². The zero-order valence-electron chi connectivity index (χ0n) is 10.3. The highest BCUT2D eigenvalue weighted by Gasteiger charge is 2.04. The summed E-state index contributed by atoms with van der Waals surface area (Å²) in [5.74, 6) is 1.72. The van der Waals surface area contributed by atoms with E-state index in [0.29, 0.717) is 0 Å². The zero-order chi connectivity index (χ0) is 13.0. The lowest BCUT2D eigenvalue weighted by molar-refractivity contribution is 0.891. The second-order valence-electron chi connectivity index (χ2n) is 3.67. The highest BCUT2D eigenvalue weighted by Crippen LogP contribution is 2.29. The number of aromatic nitrogens is 2. The molecule has 0 radical (unpaired) electrons. The summed E-state index contributed by atoms with van der Waals surface area (Å²) in [4.78, 5) is 10.1. The summed E-state index contributed by atoms with van der Waals surface area (Å²) in [7, 11) is 1.87. The smallest absolute Gasteiger partial charge is 0.131 e. The van der Waals surface area contributed by atoms with E-state index >= 15 is 0 Å². The van der Waals surface area contributed by atoms with Gasteiger partial charge in [-0.15, -0.1) is 0 Å². The SMILES string of the molecule is CCc1nc(NC)cc(Sc2cccc(Br)c2)n1. The molecule has 2 rings (SSSR count). The Morgan fingerprint density at radius 2 is 2.11 bits per heavy atom. The van der Waals surface area contributed by atoms with Gasteiger partial charge in [0.1, 0.15) is 16.7 Å². The summed E-state index contributed by atoms with van der Waals surface area (Å²) in [6.07, 6.45) is 0.835. The van der Waals surface area contributed by atoms with E-state index in [9.17, 15) is 0 Å². The van der Waals surface area contributed by atoms with E-state index in [2.05, 4.69) is 50.3 Å². The Bertz CT molecular complexity index is 523. The van der Waals surface area contributed by atoms with Crippen molar-refractivity contribution in [3.05, 3.63) is 40.6 Å². The van der Waals surface area contributed by atoms with Crippen molar-refractivity contribution < 1.29 is 0 Å².